The van der Waals surface area contributed by atoms with Gasteiger partial charge in [-0.2, -0.15) is 11.1 Å². The minimum atomic E-state index is 0. The molecule has 0 aromatic heterocycles. The molecule has 4 aliphatic carbocycles. The number of rotatable bonds is 0. The maximum Gasteiger partial charge on any atom is 2.00 e. The zero-order valence-corrected chi connectivity index (χ0v) is 10.4. The van der Waals surface area contributed by atoms with Crippen molar-refractivity contribution in [3.8, 4) is 0 Å². The van der Waals surface area contributed by atoms with Crippen molar-refractivity contribution in [3.63, 3.8) is 0 Å². The van der Waals surface area contributed by atoms with Gasteiger partial charge in [-0.25, -0.2) is 23.3 Å². The van der Waals surface area contributed by atoms with E-state index in [-0.39, 0.29) is 19.5 Å². The smallest absolute Gasteiger partial charge is 0.253 e. The Bertz CT molecular complexity index is 306. The molecule has 0 spiro atoms. The second-order valence-electron chi connectivity index (χ2n) is 4.45. The molecule has 79 valence electrons. The van der Waals surface area contributed by atoms with E-state index in [0.717, 1.165) is 0 Å². The molecule has 0 aliphatic heterocycles. The molecule has 1 radical (unpaired) electrons. The topological polar surface area (TPSA) is 0 Å². The first kappa shape index (κ1) is 11.1. The second-order valence-corrected chi connectivity index (χ2v) is 4.45. The molecule has 2 fully saturated rings. The van der Waals surface area contributed by atoms with Crippen LogP contribution in [0.25, 0.3) is 0 Å². The van der Waals surface area contributed by atoms with E-state index in [9.17, 15) is 0 Å². The largest absolute Gasteiger partial charge is 2.00 e. The van der Waals surface area contributed by atoms with Gasteiger partial charge in [-0.05, 0) is 0 Å². The average molecular weight is 285 g/mol. The summed E-state index contributed by atoms with van der Waals surface area (Å²) in [5.74, 6) is 0. The minimum absolute atomic E-state index is 0. The van der Waals surface area contributed by atoms with E-state index in [1.54, 1.807) is 11.1 Å². The molecule has 2 saturated carbocycles. The van der Waals surface area contributed by atoms with Gasteiger partial charge in [-0.15, -0.1) is 0 Å². The number of hydrogen-bond acceptors (Lipinski definition) is 0. The number of fused-ring (bicyclic) bond motifs is 4. The van der Waals surface area contributed by atoms with Gasteiger partial charge >= 0.3 is 19.5 Å². The summed E-state index contributed by atoms with van der Waals surface area (Å²) in [5.41, 5.74) is 6.23. The van der Waals surface area contributed by atoms with Crippen molar-refractivity contribution in [2.75, 3.05) is 0 Å². The van der Waals surface area contributed by atoms with E-state index < -0.39 is 0 Å². The van der Waals surface area contributed by atoms with Crippen molar-refractivity contribution < 1.29 is 19.5 Å². The molecule has 4 bridgehead atoms. The van der Waals surface area contributed by atoms with E-state index in [0.29, 0.717) is 0 Å². The van der Waals surface area contributed by atoms with Crippen LogP contribution in [0.15, 0.2) is 34.4 Å². The average Bonchev–Trinajstić information content (AvgIpc) is 3.01. The van der Waals surface area contributed by atoms with Gasteiger partial charge in [0.05, 0.1) is 0 Å². The van der Waals surface area contributed by atoms with Gasteiger partial charge < -0.3 is 0 Å². The summed E-state index contributed by atoms with van der Waals surface area (Å²) in [7, 11) is 0. The molecule has 0 N–H and O–H groups in total. The molecule has 4 aliphatic rings. The number of allylic oxidation sites excluding steroid dienone is 8. The van der Waals surface area contributed by atoms with E-state index in [1.165, 1.54) is 49.7 Å². The molecule has 0 nitrogen and oxygen atoms in total. The van der Waals surface area contributed by atoms with Crippen molar-refractivity contribution in [1.29, 1.82) is 0 Å². The third-order valence-electron chi connectivity index (χ3n) is 3.34. The molecular formula is C14H14Rh. The van der Waals surface area contributed by atoms with Crippen molar-refractivity contribution in [3.05, 3.63) is 46.6 Å². The van der Waals surface area contributed by atoms with Crippen LogP contribution in [0.1, 0.15) is 38.5 Å². The van der Waals surface area contributed by atoms with Crippen LogP contribution in [-0.2, 0) is 19.5 Å². The Morgan fingerprint density at radius 3 is 1.27 bits per heavy atom. The molecule has 0 atom stereocenters. The maximum atomic E-state index is 3.21. The molecule has 0 saturated heterocycles. The second kappa shape index (κ2) is 4.62. The van der Waals surface area contributed by atoms with Crippen LogP contribution < -0.4 is 0 Å². The summed E-state index contributed by atoms with van der Waals surface area (Å²) in [6.45, 7) is 0. The molecule has 4 rings (SSSR count). The fraction of sp³-hybridized carbons (Fsp3) is 0.429. The Balaban J connectivity index is 0.000000107. The summed E-state index contributed by atoms with van der Waals surface area (Å²) < 4.78 is 0. The fourth-order valence-electron chi connectivity index (χ4n) is 2.43. The molecule has 0 heterocycles. The third kappa shape index (κ3) is 2.40. The normalized spacial score (nSPS) is 23.5. The van der Waals surface area contributed by atoms with E-state index in [2.05, 4.69) is 24.3 Å². The van der Waals surface area contributed by atoms with Crippen molar-refractivity contribution in [2.24, 2.45) is 0 Å². The maximum absolute atomic E-state index is 3.21. The fourth-order valence-corrected chi connectivity index (χ4v) is 2.43. The third-order valence-corrected chi connectivity index (χ3v) is 3.34. The van der Waals surface area contributed by atoms with E-state index >= 15 is 0 Å². The van der Waals surface area contributed by atoms with Gasteiger partial charge in [0.2, 0.25) is 0 Å². The molecule has 0 aromatic carbocycles. The van der Waals surface area contributed by atoms with Gasteiger partial charge in [-0.3, -0.25) is 12.2 Å². The van der Waals surface area contributed by atoms with Crippen LogP contribution in [0.4, 0.5) is 0 Å². The van der Waals surface area contributed by atoms with Crippen molar-refractivity contribution in [1.82, 2.24) is 0 Å². The van der Waals surface area contributed by atoms with Crippen molar-refractivity contribution in [2.45, 2.75) is 38.5 Å². The molecular weight excluding hydrogens is 271 g/mol. The van der Waals surface area contributed by atoms with Crippen LogP contribution in [0.3, 0.4) is 0 Å². The van der Waals surface area contributed by atoms with E-state index in [4.69, 9.17) is 0 Å². The Morgan fingerprint density at radius 1 is 0.733 bits per heavy atom. The van der Waals surface area contributed by atoms with Crippen molar-refractivity contribution >= 4 is 0 Å². The van der Waals surface area contributed by atoms with Crippen LogP contribution in [0.2, 0.25) is 0 Å². The predicted octanol–water partition coefficient (Wildman–Crippen LogP) is 3.68. The molecule has 0 unspecified atom stereocenters. The first-order chi connectivity index (χ1) is 6.90. The van der Waals surface area contributed by atoms with Crippen LogP contribution in [0, 0.1) is 12.2 Å². The standard InChI is InChI=1S/2C7H7.Rh/c2*1-2-7-4-3-6(1)5-7;/h2*1H,3-5H2;/q2*-1;+2. The summed E-state index contributed by atoms with van der Waals surface area (Å²) in [4.78, 5) is 0. The summed E-state index contributed by atoms with van der Waals surface area (Å²) in [5, 5.41) is 0. The van der Waals surface area contributed by atoms with Gasteiger partial charge in [0.25, 0.3) is 0 Å². The zero-order chi connectivity index (χ0) is 9.38. The van der Waals surface area contributed by atoms with Crippen LogP contribution in [0.5, 0.6) is 0 Å². The Labute approximate surface area is 105 Å². The predicted molar refractivity (Wildman–Crippen MR) is 57.4 cm³/mol. The first-order valence-corrected chi connectivity index (χ1v) is 5.48. The van der Waals surface area contributed by atoms with Gasteiger partial charge in [-0.1, -0.05) is 38.5 Å². The van der Waals surface area contributed by atoms with E-state index in [1.807, 2.05) is 0 Å². The minimum Gasteiger partial charge on any atom is -0.253 e. The SMILES string of the molecule is [C-]1=C2CCC(=C1)C2.[C-]1=C2CCC(=C1)C2.[Rh+2]. The van der Waals surface area contributed by atoms with Gasteiger partial charge in [0.15, 0.2) is 0 Å². The molecule has 0 aromatic rings. The van der Waals surface area contributed by atoms with Crippen LogP contribution in [-0.4, -0.2) is 0 Å². The molecule has 1 heteroatoms. The quantitative estimate of drug-likeness (QED) is 0.470. The molecule has 0 amide bonds. The first-order valence-electron chi connectivity index (χ1n) is 5.48. The van der Waals surface area contributed by atoms with Crippen LogP contribution >= 0.6 is 0 Å². The summed E-state index contributed by atoms with van der Waals surface area (Å²) in [6, 6.07) is 0. The summed E-state index contributed by atoms with van der Waals surface area (Å²) in [6.07, 6.45) is 18.4. The Morgan fingerprint density at radius 2 is 1.20 bits per heavy atom. The van der Waals surface area contributed by atoms with Gasteiger partial charge in [0, 0.05) is 0 Å². The molecule has 15 heavy (non-hydrogen) atoms. The monoisotopic (exact) mass is 285 g/mol. The Kier molecular flexibility index (Phi) is 3.41. The zero-order valence-electron chi connectivity index (χ0n) is 8.73. The van der Waals surface area contributed by atoms with Gasteiger partial charge in [0.1, 0.15) is 0 Å². The Hall–Kier alpha value is -0.417. The number of hydrogen-bond donors (Lipinski definition) is 0. The summed E-state index contributed by atoms with van der Waals surface area (Å²) >= 11 is 0.